The van der Waals surface area contributed by atoms with Gasteiger partial charge in [0.25, 0.3) is 0 Å². The van der Waals surface area contributed by atoms with Crippen LogP contribution in [0.5, 0.6) is 11.5 Å². The first-order valence-electron chi connectivity index (χ1n) is 20.5. The van der Waals surface area contributed by atoms with Gasteiger partial charge in [-0.15, -0.1) is 0 Å². The molecular formula is C58H39NO. The molecule has 1 aliphatic heterocycles. The Hall–Kier alpha value is -7.94. The number of ether oxygens (including phenoxy) is 1. The Balaban J connectivity index is 1.01. The molecule has 282 valence electrons. The highest BCUT2D eigenvalue weighted by Gasteiger charge is 2.24. The standard InChI is InChI=1S/C58H39NO/c1-4-12-40(13-5-1)43-20-29-49(30-21-43)59(50-31-22-44(23-32-50)41-14-6-2-7-15-41)51-33-24-45(25-34-51)47-27-35-53-54-36-26-46-18-10-11-19-52(46)58(54)60-57-37-28-48(39-56(57)55(53)38-47)42-16-8-3-9-17-42/h1-39H. The molecule has 0 aliphatic carbocycles. The van der Waals surface area contributed by atoms with Crippen LogP contribution in [0.25, 0.3) is 77.5 Å². The van der Waals surface area contributed by atoms with E-state index in [2.05, 4.69) is 241 Å². The second-order valence-electron chi connectivity index (χ2n) is 15.3. The summed E-state index contributed by atoms with van der Waals surface area (Å²) in [5, 5.41) is 2.27. The number of anilines is 3. The Labute approximate surface area is 350 Å². The minimum atomic E-state index is 0.853. The highest BCUT2D eigenvalue weighted by Crippen LogP contribution is 2.51. The number of nitrogens with zero attached hydrogens (tertiary/aromatic N) is 1. The molecule has 60 heavy (non-hydrogen) atoms. The van der Waals surface area contributed by atoms with E-state index in [1.165, 1.54) is 27.8 Å². The summed E-state index contributed by atoms with van der Waals surface area (Å²) in [7, 11) is 0. The van der Waals surface area contributed by atoms with Gasteiger partial charge in [-0.05, 0) is 122 Å². The van der Waals surface area contributed by atoms with Gasteiger partial charge in [0.15, 0.2) is 0 Å². The minimum Gasteiger partial charge on any atom is -0.455 e. The van der Waals surface area contributed by atoms with E-state index in [9.17, 15) is 0 Å². The molecule has 0 atom stereocenters. The van der Waals surface area contributed by atoms with Crippen LogP contribution in [0.15, 0.2) is 237 Å². The van der Waals surface area contributed by atoms with Crippen molar-refractivity contribution in [2.45, 2.75) is 0 Å². The quantitative estimate of drug-likeness (QED) is 0.160. The van der Waals surface area contributed by atoms with E-state index in [4.69, 9.17) is 4.74 Å². The summed E-state index contributed by atoms with van der Waals surface area (Å²) in [4.78, 5) is 2.34. The molecule has 2 nitrogen and oxygen atoms in total. The van der Waals surface area contributed by atoms with E-state index in [1.807, 2.05) is 0 Å². The summed E-state index contributed by atoms with van der Waals surface area (Å²) < 4.78 is 6.92. The average Bonchev–Trinajstić information content (AvgIpc) is 3.47. The van der Waals surface area contributed by atoms with Crippen molar-refractivity contribution < 1.29 is 4.74 Å². The van der Waals surface area contributed by atoms with Gasteiger partial charge in [0, 0.05) is 33.6 Å². The molecule has 10 aromatic rings. The normalized spacial score (nSPS) is 11.5. The Bertz CT molecular complexity index is 3040. The summed E-state index contributed by atoms with van der Waals surface area (Å²) in [5.74, 6) is 1.75. The third-order valence-corrected chi connectivity index (χ3v) is 11.7. The molecule has 0 saturated heterocycles. The van der Waals surface area contributed by atoms with Crippen molar-refractivity contribution in [2.24, 2.45) is 0 Å². The van der Waals surface area contributed by atoms with E-state index < -0.39 is 0 Å². The summed E-state index contributed by atoms with van der Waals surface area (Å²) in [5.41, 5.74) is 17.2. The predicted molar refractivity (Wildman–Crippen MR) is 251 cm³/mol. The fourth-order valence-corrected chi connectivity index (χ4v) is 8.61. The first-order chi connectivity index (χ1) is 29.7. The van der Waals surface area contributed by atoms with E-state index in [-0.39, 0.29) is 0 Å². The molecule has 1 aliphatic rings. The van der Waals surface area contributed by atoms with Crippen LogP contribution >= 0.6 is 0 Å². The van der Waals surface area contributed by atoms with Crippen molar-refractivity contribution in [2.75, 3.05) is 4.90 Å². The number of rotatable bonds is 7. The van der Waals surface area contributed by atoms with Gasteiger partial charge in [0.05, 0.1) is 0 Å². The van der Waals surface area contributed by atoms with E-state index in [0.29, 0.717) is 0 Å². The second-order valence-corrected chi connectivity index (χ2v) is 15.3. The van der Waals surface area contributed by atoms with E-state index in [0.717, 1.165) is 78.3 Å². The van der Waals surface area contributed by atoms with Gasteiger partial charge in [0.2, 0.25) is 0 Å². The molecule has 0 saturated carbocycles. The van der Waals surface area contributed by atoms with Crippen LogP contribution in [0.3, 0.4) is 0 Å². The van der Waals surface area contributed by atoms with Crippen molar-refractivity contribution in [3.05, 3.63) is 237 Å². The fourth-order valence-electron chi connectivity index (χ4n) is 8.61. The molecule has 0 radical (unpaired) electrons. The topological polar surface area (TPSA) is 12.5 Å². The lowest BCUT2D eigenvalue weighted by Crippen LogP contribution is -2.09. The van der Waals surface area contributed by atoms with Gasteiger partial charge >= 0.3 is 0 Å². The molecule has 0 bridgehead atoms. The third kappa shape index (κ3) is 6.51. The lowest BCUT2D eigenvalue weighted by Gasteiger charge is -2.26. The second kappa shape index (κ2) is 15.1. The lowest BCUT2D eigenvalue weighted by molar-refractivity contribution is 0.493. The largest absolute Gasteiger partial charge is 0.455 e. The van der Waals surface area contributed by atoms with Crippen LogP contribution in [-0.4, -0.2) is 0 Å². The summed E-state index contributed by atoms with van der Waals surface area (Å²) >= 11 is 0. The van der Waals surface area contributed by atoms with Crippen molar-refractivity contribution in [3.8, 4) is 78.3 Å². The maximum atomic E-state index is 6.92. The van der Waals surface area contributed by atoms with Crippen LogP contribution in [0.4, 0.5) is 17.1 Å². The zero-order valence-corrected chi connectivity index (χ0v) is 32.9. The van der Waals surface area contributed by atoms with Gasteiger partial charge in [-0.1, -0.05) is 176 Å². The number of hydrogen-bond donors (Lipinski definition) is 0. The molecule has 0 spiro atoms. The zero-order chi connectivity index (χ0) is 39.8. The first kappa shape index (κ1) is 35.2. The molecule has 0 amide bonds. The highest BCUT2D eigenvalue weighted by atomic mass is 16.5. The minimum absolute atomic E-state index is 0.853. The van der Waals surface area contributed by atoms with Crippen LogP contribution in [0, 0.1) is 0 Å². The van der Waals surface area contributed by atoms with E-state index in [1.54, 1.807) is 0 Å². The summed E-state index contributed by atoms with van der Waals surface area (Å²) in [6.07, 6.45) is 0. The molecule has 0 N–H and O–H groups in total. The van der Waals surface area contributed by atoms with Crippen LogP contribution < -0.4 is 9.64 Å². The molecule has 2 heteroatoms. The van der Waals surface area contributed by atoms with Crippen molar-refractivity contribution in [3.63, 3.8) is 0 Å². The van der Waals surface area contributed by atoms with E-state index >= 15 is 0 Å². The summed E-state index contributed by atoms with van der Waals surface area (Å²) in [6, 6.07) is 84.7. The molecule has 0 unspecified atom stereocenters. The zero-order valence-electron chi connectivity index (χ0n) is 32.9. The molecule has 10 aromatic carbocycles. The Morgan fingerprint density at radius 2 is 0.667 bits per heavy atom. The maximum Gasteiger partial charge on any atom is 0.143 e. The predicted octanol–water partition coefficient (Wildman–Crippen LogP) is 16.4. The van der Waals surface area contributed by atoms with Crippen LogP contribution in [0.1, 0.15) is 0 Å². The first-order valence-corrected chi connectivity index (χ1v) is 20.5. The molecule has 0 aromatic heterocycles. The van der Waals surface area contributed by atoms with Gasteiger partial charge in [-0.3, -0.25) is 0 Å². The number of fused-ring (bicyclic) bond motifs is 7. The van der Waals surface area contributed by atoms with Gasteiger partial charge in [-0.25, -0.2) is 0 Å². The SMILES string of the molecule is c1ccc(-c2ccc(N(c3ccc(-c4ccccc4)cc3)c3ccc(-c4ccc5c(c4)-c4cc(-c6ccccc6)ccc4Oc4c-5ccc5ccccc45)cc3)cc2)cc1. The molecule has 11 rings (SSSR count). The van der Waals surface area contributed by atoms with Gasteiger partial charge < -0.3 is 9.64 Å². The van der Waals surface area contributed by atoms with Gasteiger partial charge in [0.1, 0.15) is 11.5 Å². The van der Waals surface area contributed by atoms with Gasteiger partial charge in [-0.2, -0.15) is 0 Å². The van der Waals surface area contributed by atoms with Crippen molar-refractivity contribution in [1.29, 1.82) is 0 Å². The Morgan fingerprint density at radius 3 is 1.22 bits per heavy atom. The third-order valence-electron chi connectivity index (χ3n) is 11.7. The van der Waals surface area contributed by atoms with Crippen LogP contribution in [-0.2, 0) is 0 Å². The van der Waals surface area contributed by atoms with Crippen molar-refractivity contribution in [1.82, 2.24) is 0 Å². The Morgan fingerprint density at radius 1 is 0.267 bits per heavy atom. The fraction of sp³-hybridized carbons (Fsp3) is 0. The summed E-state index contributed by atoms with van der Waals surface area (Å²) in [6.45, 7) is 0. The highest BCUT2D eigenvalue weighted by molar-refractivity contribution is 6.01. The Kier molecular flexibility index (Phi) is 8.87. The van der Waals surface area contributed by atoms with Crippen LogP contribution in [0.2, 0.25) is 0 Å². The number of hydrogen-bond acceptors (Lipinski definition) is 2. The molecule has 0 fully saturated rings. The average molecular weight is 766 g/mol. The lowest BCUT2D eigenvalue weighted by atomic mass is 9.89. The van der Waals surface area contributed by atoms with Crippen molar-refractivity contribution >= 4 is 27.8 Å². The molecule has 1 heterocycles. The maximum absolute atomic E-state index is 6.92. The molecular weight excluding hydrogens is 727 g/mol. The monoisotopic (exact) mass is 765 g/mol. The number of benzene rings is 10. The smallest absolute Gasteiger partial charge is 0.143 e.